The molecule has 1 aliphatic heterocycles. The molecule has 1 aliphatic rings. The molecule has 0 aromatic heterocycles. The standard InChI is InChI=1S/C27H22BrFN4O4/c1-15(30-26(36)23(34)16-8-4-3-5-9-16)25(35)32-24-27(37)33(2)21-13-12-17(28)14-19(21)22(31-24)18-10-6-7-11-20(18)29/h3-15,24H,1-2H3,(H,30,36)(H,32,35)/t15-,24?/m0/s1. The first-order valence-corrected chi connectivity index (χ1v) is 12.1. The molecule has 3 amide bonds. The van der Waals surface area contributed by atoms with Gasteiger partial charge in [0.15, 0.2) is 0 Å². The first-order chi connectivity index (χ1) is 17.7. The Labute approximate surface area is 220 Å². The predicted molar refractivity (Wildman–Crippen MR) is 140 cm³/mol. The van der Waals surface area contributed by atoms with Crippen LogP contribution in [0.3, 0.4) is 0 Å². The van der Waals surface area contributed by atoms with E-state index in [1.807, 2.05) is 0 Å². The van der Waals surface area contributed by atoms with Gasteiger partial charge in [0, 0.05) is 28.2 Å². The summed E-state index contributed by atoms with van der Waals surface area (Å²) >= 11 is 3.41. The van der Waals surface area contributed by atoms with Crippen molar-refractivity contribution in [3.05, 3.63) is 99.8 Å². The lowest BCUT2D eigenvalue weighted by Gasteiger charge is -2.22. The molecule has 0 saturated carbocycles. The van der Waals surface area contributed by atoms with Gasteiger partial charge >= 0.3 is 0 Å². The number of carbonyl (C=O) groups is 4. The molecule has 3 aromatic rings. The maximum Gasteiger partial charge on any atom is 0.293 e. The van der Waals surface area contributed by atoms with Crippen LogP contribution in [0.5, 0.6) is 0 Å². The summed E-state index contributed by atoms with van der Waals surface area (Å²) in [5.74, 6) is -3.63. The third kappa shape index (κ3) is 5.49. The summed E-state index contributed by atoms with van der Waals surface area (Å²) in [7, 11) is 1.53. The summed E-state index contributed by atoms with van der Waals surface area (Å²) in [6.07, 6.45) is -1.41. The van der Waals surface area contributed by atoms with Crippen molar-refractivity contribution in [2.45, 2.75) is 19.1 Å². The molecule has 4 rings (SSSR count). The van der Waals surface area contributed by atoms with Crippen LogP contribution in [-0.4, -0.2) is 48.5 Å². The fourth-order valence-electron chi connectivity index (χ4n) is 3.82. The smallest absolute Gasteiger partial charge is 0.293 e. The van der Waals surface area contributed by atoms with Crippen molar-refractivity contribution in [2.75, 3.05) is 11.9 Å². The van der Waals surface area contributed by atoms with Crippen molar-refractivity contribution >= 4 is 50.8 Å². The summed E-state index contributed by atoms with van der Waals surface area (Å²) in [4.78, 5) is 56.8. The number of halogens is 2. The number of rotatable bonds is 6. The highest BCUT2D eigenvalue weighted by atomic mass is 79.9. The average molecular weight is 565 g/mol. The van der Waals surface area contributed by atoms with Crippen LogP contribution in [-0.2, 0) is 14.4 Å². The maximum absolute atomic E-state index is 14.8. The third-order valence-corrected chi connectivity index (χ3v) is 6.28. The number of anilines is 1. The fraction of sp³-hybridized carbons (Fsp3) is 0.148. The first-order valence-electron chi connectivity index (χ1n) is 11.3. The summed E-state index contributed by atoms with van der Waals surface area (Å²) in [5, 5.41) is 4.86. The highest BCUT2D eigenvalue weighted by Crippen LogP contribution is 2.30. The maximum atomic E-state index is 14.8. The molecule has 188 valence electrons. The summed E-state index contributed by atoms with van der Waals surface area (Å²) < 4.78 is 15.5. The lowest BCUT2D eigenvalue weighted by Crippen LogP contribution is -2.53. The minimum absolute atomic E-state index is 0.152. The Kier molecular flexibility index (Phi) is 7.58. The second-order valence-corrected chi connectivity index (χ2v) is 9.23. The molecule has 37 heavy (non-hydrogen) atoms. The molecule has 2 atom stereocenters. The first kappa shape index (κ1) is 25.9. The van der Waals surface area contributed by atoms with Crippen LogP contribution < -0.4 is 15.5 Å². The molecular weight excluding hydrogens is 543 g/mol. The molecule has 0 spiro atoms. The number of nitrogens with one attached hydrogen (secondary N) is 2. The van der Waals surface area contributed by atoms with Gasteiger partial charge in [-0.1, -0.05) is 58.4 Å². The van der Waals surface area contributed by atoms with E-state index in [4.69, 9.17) is 0 Å². The number of amides is 3. The van der Waals surface area contributed by atoms with Crippen LogP contribution in [0.15, 0.2) is 82.3 Å². The second kappa shape index (κ2) is 10.8. The zero-order valence-corrected chi connectivity index (χ0v) is 21.5. The van der Waals surface area contributed by atoms with Crippen molar-refractivity contribution in [1.29, 1.82) is 0 Å². The largest absolute Gasteiger partial charge is 0.338 e. The number of aliphatic imine (C=N–C) groups is 1. The van der Waals surface area contributed by atoms with E-state index < -0.39 is 41.5 Å². The molecule has 0 saturated heterocycles. The minimum atomic E-state index is -1.41. The topological polar surface area (TPSA) is 108 Å². The normalized spacial score (nSPS) is 15.7. The van der Waals surface area contributed by atoms with E-state index >= 15 is 0 Å². The number of carbonyl (C=O) groups excluding carboxylic acids is 4. The van der Waals surface area contributed by atoms with E-state index in [1.165, 1.54) is 49.2 Å². The monoisotopic (exact) mass is 564 g/mol. The Morgan fingerprint density at radius 3 is 2.38 bits per heavy atom. The molecule has 8 nitrogen and oxygen atoms in total. The van der Waals surface area contributed by atoms with Crippen LogP contribution in [0.4, 0.5) is 10.1 Å². The number of likely N-dealkylation sites (N-methyl/N-ethyl adjacent to an activating group) is 1. The number of hydrogen-bond donors (Lipinski definition) is 2. The Hall–Kier alpha value is -4.18. The van der Waals surface area contributed by atoms with Gasteiger partial charge in [0.2, 0.25) is 17.9 Å². The minimum Gasteiger partial charge on any atom is -0.338 e. The van der Waals surface area contributed by atoms with Crippen molar-refractivity contribution in [3.8, 4) is 0 Å². The third-order valence-electron chi connectivity index (χ3n) is 5.79. The lowest BCUT2D eigenvalue weighted by atomic mass is 10.00. The molecule has 2 N–H and O–H groups in total. The number of benzodiazepines with no additional fused rings is 1. The summed E-state index contributed by atoms with van der Waals surface area (Å²) in [6, 6.07) is 17.9. The molecule has 0 bridgehead atoms. The van der Waals surface area contributed by atoms with E-state index in [-0.39, 0.29) is 16.8 Å². The molecule has 3 aromatic carbocycles. The van der Waals surface area contributed by atoms with Crippen molar-refractivity contribution in [1.82, 2.24) is 10.6 Å². The van der Waals surface area contributed by atoms with E-state index in [0.717, 1.165) is 0 Å². The van der Waals surface area contributed by atoms with Crippen molar-refractivity contribution in [3.63, 3.8) is 0 Å². The van der Waals surface area contributed by atoms with Crippen LogP contribution in [0.25, 0.3) is 0 Å². The number of Topliss-reactive ketones (excluding diaryl/α,β-unsaturated/α-hetero) is 1. The molecular formula is C27H22BrFN4O4. The zero-order valence-electron chi connectivity index (χ0n) is 19.9. The quantitative estimate of drug-likeness (QED) is 0.354. The highest BCUT2D eigenvalue weighted by molar-refractivity contribution is 9.10. The van der Waals surface area contributed by atoms with Gasteiger partial charge in [0.1, 0.15) is 11.9 Å². The number of fused-ring (bicyclic) bond motifs is 1. The number of benzene rings is 3. The van der Waals surface area contributed by atoms with Gasteiger partial charge < -0.3 is 15.5 Å². The molecule has 1 unspecified atom stereocenters. The zero-order chi connectivity index (χ0) is 26.7. The molecule has 0 fully saturated rings. The Morgan fingerprint density at radius 1 is 1.00 bits per heavy atom. The van der Waals surface area contributed by atoms with E-state index in [1.54, 1.807) is 42.5 Å². The molecule has 0 aliphatic carbocycles. The predicted octanol–water partition coefficient (Wildman–Crippen LogP) is 3.23. The second-order valence-electron chi connectivity index (χ2n) is 8.32. The van der Waals surface area contributed by atoms with Gasteiger partial charge in [0.05, 0.1) is 11.4 Å². The Bertz CT molecular complexity index is 1430. The number of ketones is 1. The van der Waals surface area contributed by atoms with Crippen molar-refractivity contribution in [2.24, 2.45) is 4.99 Å². The van der Waals surface area contributed by atoms with E-state index in [0.29, 0.717) is 15.7 Å². The van der Waals surface area contributed by atoms with Gasteiger partial charge in [-0.05, 0) is 37.3 Å². The van der Waals surface area contributed by atoms with Gasteiger partial charge in [0.25, 0.3) is 11.8 Å². The van der Waals surface area contributed by atoms with Crippen LogP contribution in [0, 0.1) is 5.82 Å². The van der Waals surface area contributed by atoms with E-state index in [2.05, 4.69) is 31.6 Å². The van der Waals surface area contributed by atoms with Crippen LogP contribution >= 0.6 is 15.9 Å². The van der Waals surface area contributed by atoms with Crippen LogP contribution in [0.1, 0.15) is 28.4 Å². The SMILES string of the molecule is C[C@H](NC(=O)C(=O)c1ccccc1)C(=O)NC1N=C(c2ccccc2F)c2cc(Br)ccc2N(C)C1=O. The fourth-order valence-corrected chi connectivity index (χ4v) is 4.18. The lowest BCUT2D eigenvalue weighted by molar-refractivity contribution is -0.129. The average Bonchev–Trinajstić information content (AvgIpc) is 2.99. The number of hydrogen-bond acceptors (Lipinski definition) is 5. The highest BCUT2D eigenvalue weighted by Gasteiger charge is 2.33. The molecule has 10 heteroatoms. The van der Waals surface area contributed by atoms with Crippen molar-refractivity contribution < 1.29 is 23.6 Å². The van der Waals surface area contributed by atoms with Gasteiger partial charge in [-0.15, -0.1) is 0 Å². The Morgan fingerprint density at radius 2 is 1.68 bits per heavy atom. The van der Waals surface area contributed by atoms with E-state index in [9.17, 15) is 23.6 Å². The van der Waals surface area contributed by atoms with Gasteiger partial charge in [-0.25, -0.2) is 9.38 Å². The summed E-state index contributed by atoms with van der Waals surface area (Å²) in [6.45, 7) is 1.38. The molecule has 0 radical (unpaired) electrons. The molecule has 1 heterocycles. The van der Waals surface area contributed by atoms with Gasteiger partial charge in [-0.3, -0.25) is 19.2 Å². The number of nitrogens with zero attached hydrogens (tertiary/aromatic N) is 2. The van der Waals surface area contributed by atoms with Crippen LogP contribution in [0.2, 0.25) is 0 Å². The van der Waals surface area contributed by atoms with Gasteiger partial charge in [-0.2, -0.15) is 0 Å². The Balaban J connectivity index is 1.62. The summed E-state index contributed by atoms with van der Waals surface area (Å²) in [5.41, 5.74) is 1.47.